The van der Waals surface area contributed by atoms with E-state index in [0.717, 1.165) is 5.56 Å². The minimum atomic E-state index is -0.286. The third kappa shape index (κ3) is 4.31. The highest BCUT2D eigenvalue weighted by Crippen LogP contribution is 2.14. The monoisotopic (exact) mass is 338 g/mol. The number of hydrogen-bond acceptors (Lipinski definition) is 4. The van der Waals surface area contributed by atoms with Crippen molar-refractivity contribution in [2.45, 2.75) is 13.5 Å². The number of carbonyl (C=O) groups is 2. The zero-order valence-corrected chi connectivity index (χ0v) is 13.9. The zero-order valence-electron chi connectivity index (χ0n) is 13.9. The molecule has 2 N–H and O–H groups in total. The van der Waals surface area contributed by atoms with Crippen LogP contribution in [0.4, 0.5) is 11.4 Å². The maximum Gasteiger partial charge on any atom is 0.276 e. The molecule has 2 heterocycles. The van der Waals surface area contributed by atoms with Crippen LogP contribution in [0.3, 0.4) is 0 Å². The fourth-order valence-electron chi connectivity index (χ4n) is 2.27. The molecule has 8 nitrogen and oxygen atoms in total. The van der Waals surface area contributed by atoms with Crippen LogP contribution in [0.15, 0.2) is 48.9 Å². The molecule has 0 saturated heterocycles. The van der Waals surface area contributed by atoms with Crippen molar-refractivity contribution in [3.63, 3.8) is 0 Å². The third-order valence-corrected chi connectivity index (χ3v) is 3.44. The van der Waals surface area contributed by atoms with Crippen LogP contribution in [0.25, 0.3) is 0 Å². The summed E-state index contributed by atoms with van der Waals surface area (Å²) in [6, 6.07) is 8.52. The first kappa shape index (κ1) is 16.4. The lowest BCUT2D eigenvalue weighted by atomic mass is 10.2. The fourth-order valence-corrected chi connectivity index (χ4v) is 2.27. The molecule has 0 aliphatic heterocycles. The summed E-state index contributed by atoms with van der Waals surface area (Å²) >= 11 is 0. The van der Waals surface area contributed by atoms with E-state index in [1.807, 2.05) is 6.92 Å². The molecule has 0 aliphatic rings. The number of carbonyl (C=O) groups excluding carboxylic acids is 2. The van der Waals surface area contributed by atoms with Gasteiger partial charge in [-0.2, -0.15) is 10.2 Å². The molecule has 0 spiro atoms. The van der Waals surface area contributed by atoms with E-state index in [2.05, 4.69) is 20.8 Å². The smallest absolute Gasteiger partial charge is 0.276 e. The minimum absolute atomic E-state index is 0.145. The van der Waals surface area contributed by atoms with Gasteiger partial charge in [0.15, 0.2) is 5.69 Å². The summed E-state index contributed by atoms with van der Waals surface area (Å²) < 4.78 is 3.14. The Kier molecular flexibility index (Phi) is 4.60. The summed E-state index contributed by atoms with van der Waals surface area (Å²) in [5.41, 5.74) is 2.61. The van der Waals surface area contributed by atoms with Crippen molar-refractivity contribution in [2.24, 2.45) is 7.05 Å². The van der Waals surface area contributed by atoms with Gasteiger partial charge < -0.3 is 10.6 Å². The molecule has 8 heteroatoms. The molecule has 2 amide bonds. The Hall–Kier alpha value is -3.42. The van der Waals surface area contributed by atoms with Crippen LogP contribution in [-0.2, 0) is 18.4 Å². The number of rotatable bonds is 5. The standard InChI is InChI=1S/C17H18N6O2/c1-12-9-18-23(10-12)11-16(24)19-13-3-5-14(6-4-13)20-17(25)15-7-8-22(2)21-15/h3-10H,11H2,1-2H3,(H,19,24)(H,20,25). The molecular formula is C17H18N6O2. The minimum Gasteiger partial charge on any atom is -0.324 e. The molecule has 3 rings (SSSR count). The largest absolute Gasteiger partial charge is 0.324 e. The second-order valence-electron chi connectivity index (χ2n) is 5.67. The summed E-state index contributed by atoms with van der Waals surface area (Å²) in [5, 5.41) is 13.7. The molecule has 0 bridgehead atoms. The van der Waals surface area contributed by atoms with E-state index < -0.39 is 0 Å². The lowest BCUT2D eigenvalue weighted by molar-refractivity contribution is -0.116. The number of amides is 2. The Morgan fingerprint density at radius 2 is 1.76 bits per heavy atom. The molecule has 0 aliphatic carbocycles. The molecule has 0 radical (unpaired) electrons. The average Bonchev–Trinajstić information content (AvgIpc) is 3.18. The van der Waals surface area contributed by atoms with E-state index in [1.165, 1.54) is 0 Å². The Labute approximate surface area is 144 Å². The van der Waals surface area contributed by atoms with Crippen LogP contribution in [0.1, 0.15) is 16.1 Å². The first-order valence-corrected chi connectivity index (χ1v) is 7.69. The number of aromatic nitrogens is 4. The Morgan fingerprint density at radius 3 is 2.32 bits per heavy atom. The number of benzene rings is 1. The Balaban J connectivity index is 1.56. The second-order valence-corrected chi connectivity index (χ2v) is 5.67. The quantitative estimate of drug-likeness (QED) is 0.742. The Bertz CT molecular complexity index is 894. The van der Waals surface area contributed by atoms with Crippen molar-refractivity contribution in [3.8, 4) is 0 Å². The van der Waals surface area contributed by atoms with E-state index in [1.54, 1.807) is 65.3 Å². The van der Waals surface area contributed by atoms with Gasteiger partial charge in [-0.25, -0.2) is 0 Å². The molecule has 0 unspecified atom stereocenters. The predicted octanol–water partition coefficient (Wildman–Crippen LogP) is 1.82. The number of hydrogen-bond donors (Lipinski definition) is 2. The molecule has 0 fully saturated rings. The SMILES string of the molecule is Cc1cnn(CC(=O)Nc2ccc(NC(=O)c3ccn(C)n3)cc2)c1. The van der Waals surface area contributed by atoms with Gasteiger partial charge in [-0.05, 0) is 42.8 Å². The van der Waals surface area contributed by atoms with Crippen molar-refractivity contribution in [1.82, 2.24) is 19.6 Å². The van der Waals surface area contributed by atoms with Crippen LogP contribution >= 0.6 is 0 Å². The van der Waals surface area contributed by atoms with Gasteiger partial charge in [0.1, 0.15) is 6.54 Å². The van der Waals surface area contributed by atoms with Gasteiger partial charge >= 0.3 is 0 Å². The predicted molar refractivity (Wildman–Crippen MR) is 93.2 cm³/mol. The summed E-state index contributed by atoms with van der Waals surface area (Å²) in [6.07, 6.45) is 5.21. The van der Waals surface area contributed by atoms with Gasteiger partial charge in [0.25, 0.3) is 5.91 Å². The molecule has 25 heavy (non-hydrogen) atoms. The van der Waals surface area contributed by atoms with E-state index >= 15 is 0 Å². The first-order chi connectivity index (χ1) is 12.0. The van der Waals surface area contributed by atoms with Gasteiger partial charge in [-0.15, -0.1) is 0 Å². The van der Waals surface area contributed by atoms with Crippen molar-refractivity contribution < 1.29 is 9.59 Å². The van der Waals surface area contributed by atoms with Gasteiger partial charge in [-0.1, -0.05) is 0 Å². The van der Waals surface area contributed by atoms with Gasteiger partial charge in [0.05, 0.1) is 6.20 Å². The fraction of sp³-hybridized carbons (Fsp3) is 0.176. The van der Waals surface area contributed by atoms with Gasteiger partial charge in [0, 0.05) is 30.8 Å². The maximum atomic E-state index is 12.0. The summed E-state index contributed by atoms with van der Waals surface area (Å²) in [5.74, 6) is -0.459. The van der Waals surface area contributed by atoms with Crippen LogP contribution in [0, 0.1) is 6.92 Å². The molecule has 1 aromatic carbocycles. The van der Waals surface area contributed by atoms with Crippen LogP contribution < -0.4 is 10.6 Å². The van der Waals surface area contributed by atoms with Gasteiger partial charge in [-0.3, -0.25) is 19.0 Å². The number of anilines is 2. The van der Waals surface area contributed by atoms with E-state index in [0.29, 0.717) is 17.1 Å². The molecule has 0 saturated carbocycles. The molecule has 0 atom stereocenters. The van der Waals surface area contributed by atoms with E-state index in [9.17, 15) is 9.59 Å². The van der Waals surface area contributed by atoms with Crippen LogP contribution in [0.2, 0.25) is 0 Å². The summed E-state index contributed by atoms with van der Waals surface area (Å²) in [6.45, 7) is 2.06. The molecular weight excluding hydrogens is 320 g/mol. The second kappa shape index (κ2) is 7.00. The Morgan fingerprint density at radius 1 is 1.08 bits per heavy atom. The first-order valence-electron chi connectivity index (χ1n) is 7.69. The van der Waals surface area contributed by atoms with E-state index in [4.69, 9.17) is 0 Å². The van der Waals surface area contributed by atoms with Crippen molar-refractivity contribution >= 4 is 23.2 Å². The average molecular weight is 338 g/mol. The number of aryl methyl sites for hydroxylation is 2. The highest BCUT2D eigenvalue weighted by molar-refractivity contribution is 6.03. The van der Waals surface area contributed by atoms with Crippen LogP contribution in [-0.4, -0.2) is 31.4 Å². The highest BCUT2D eigenvalue weighted by Gasteiger charge is 2.09. The number of nitrogens with one attached hydrogen (secondary N) is 2. The van der Waals surface area contributed by atoms with Crippen molar-refractivity contribution in [2.75, 3.05) is 10.6 Å². The lowest BCUT2D eigenvalue weighted by Crippen LogP contribution is -2.19. The van der Waals surface area contributed by atoms with Crippen LogP contribution in [0.5, 0.6) is 0 Å². The van der Waals surface area contributed by atoms with Crippen molar-refractivity contribution in [3.05, 3.63) is 60.2 Å². The van der Waals surface area contributed by atoms with E-state index in [-0.39, 0.29) is 18.4 Å². The summed E-state index contributed by atoms with van der Waals surface area (Å²) in [4.78, 5) is 24.0. The number of nitrogens with zero attached hydrogens (tertiary/aromatic N) is 4. The third-order valence-electron chi connectivity index (χ3n) is 3.44. The summed E-state index contributed by atoms with van der Waals surface area (Å²) in [7, 11) is 1.75. The molecule has 128 valence electrons. The maximum absolute atomic E-state index is 12.0. The normalized spacial score (nSPS) is 10.5. The molecule has 3 aromatic rings. The molecule has 2 aromatic heterocycles. The topological polar surface area (TPSA) is 93.8 Å². The van der Waals surface area contributed by atoms with Crippen molar-refractivity contribution in [1.29, 1.82) is 0 Å². The highest BCUT2D eigenvalue weighted by atomic mass is 16.2. The van der Waals surface area contributed by atoms with Gasteiger partial charge in [0.2, 0.25) is 5.91 Å². The lowest BCUT2D eigenvalue weighted by Gasteiger charge is -2.07. The zero-order chi connectivity index (χ0) is 17.8.